The van der Waals surface area contributed by atoms with Gasteiger partial charge in [0.2, 0.25) is 11.8 Å². The molecule has 0 spiro atoms. The van der Waals surface area contributed by atoms with Crippen LogP contribution in [-0.2, 0) is 22.4 Å². The van der Waals surface area contributed by atoms with Crippen molar-refractivity contribution in [3.63, 3.8) is 0 Å². The SMILES string of the molecule is CC(C)C[C@H](CN[C@H](CCCCN)C(=O)N1CCC(C(=O)Nc2ccc3occc3c2)CC1)NC[C@@H](Cc1ccccc1)NC[C@H](N)Cc1ccccc1. The van der Waals surface area contributed by atoms with Gasteiger partial charge in [0.15, 0.2) is 0 Å². The number of carbonyl (C=O) groups is 2. The van der Waals surface area contributed by atoms with Crippen LogP contribution < -0.4 is 32.7 Å². The lowest BCUT2D eigenvalue weighted by molar-refractivity contribution is -0.136. The predicted octanol–water partition coefficient (Wildman–Crippen LogP) is 5.47. The number of piperidine rings is 1. The molecule has 0 aliphatic carbocycles. The first-order chi connectivity index (χ1) is 26.3. The Balaban J connectivity index is 1.15. The van der Waals surface area contributed by atoms with E-state index >= 15 is 0 Å². The number of nitrogens with one attached hydrogen (secondary N) is 4. The number of fused-ring (bicyclic) bond motifs is 1. The number of rotatable bonds is 22. The predicted molar refractivity (Wildman–Crippen MR) is 220 cm³/mol. The molecule has 0 saturated carbocycles. The van der Waals surface area contributed by atoms with E-state index in [0.29, 0.717) is 44.9 Å². The second kappa shape index (κ2) is 21.7. The highest BCUT2D eigenvalue weighted by Gasteiger charge is 2.31. The van der Waals surface area contributed by atoms with Crippen molar-refractivity contribution in [2.75, 3.05) is 44.6 Å². The Hall–Kier alpha value is -4.06. The van der Waals surface area contributed by atoms with Crippen molar-refractivity contribution in [1.29, 1.82) is 0 Å². The van der Waals surface area contributed by atoms with Crippen LogP contribution in [0.2, 0.25) is 0 Å². The van der Waals surface area contributed by atoms with Crippen molar-refractivity contribution in [3.8, 4) is 0 Å². The summed E-state index contributed by atoms with van der Waals surface area (Å²) in [7, 11) is 0. The fraction of sp³-hybridized carbons (Fsp3) is 0.500. The number of furan rings is 1. The van der Waals surface area contributed by atoms with E-state index in [4.69, 9.17) is 15.9 Å². The molecular weight excluding hydrogens is 675 g/mol. The van der Waals surface area contributed by atoms with Crippen LogP contribution in [0.25, 0.3) is 11.0 Å². The number of likely N-dealkylation sites (tertiary alicyclic amines) is 1. The van der Waals surface area contributed by atoms with E-state index < -0.39 is 0 Å². The molecule has 4 atom stereocenters. The van der Waals surface area contributed by atoms with E-state index in [1.54, 1.807) is 6.26 Å². The number of amides is 2. The molecule has 8 N–H and O–H groups in total. The minimum absolute atomic E-state index is 0.00315. The molecule has 1 fully saturated rings. The van der Waals surface area contributed by atoms with Gasteiger partial charge in [-0.05, 0) is 92.8 Å². The largest absolute Gasteiger partial charge is 0.464 e. The summed E-state index contributed by atoms with van der Waals surface area (Å²) in [5, 5.41) is 15.4. The molecule has 1 aromatic heterocycles. The van der Waals surface area contributed by atoms with E-state index in [1.165, 1.54) is 11.1 Å². The third-order valence-corrected chi connectivity index (χ3v) is 10.5. The molecule has 292 valence electrons. The van der Waals surface area contributed by atoms with E-state index in [2.05, 4.69) is 89.7 Å². The summed E-state index contributed by atoms with van der Waals surface area (Å²) in [6.45, 7) is 8.43. The topological polar surface area (TPSA) is 151 Å². The Kier molecular flexibility index (Phi) is 16.5. The second-order valence-electron chi connectivity index (χ2n) is 15.5. The van der Waals surface area contributed by atoms with Gasteiger partial charge in [0.1, 0.15) is 5.58 Å². The van der Waals surface area contributed by atoms with Crippen LogP contribution in [0.5, 0.6) is 0 Å². The van der Waals surface area contributed by atoms with Crippen molar-refractivity contribution in [2.45, 2.75) is 89.4 Å². The van der Waals surface area contributed by atoms with Crippen LogP contribution in [-0.4, -0.2) is 80.2 Å². The molecule has 3 aromatic carbocycles. The smallest absolute Gasteiger partial charge is 0.239 e. The van der Waals surface area contributed by atoms with Gasteiger partial charge in [0.05, 0.1) is 12.3 Å². The molecule has 1 saturated heterocycles. The average molecular weight is 738 g/mol. The number of benzene rings is 3. The van der Waals surface area contributed by atoms with Crippen molar-refractivity contribution >= 4 is 28.5 Å². The zero-order chi connectivity index (χ0) is 38.1. The van der Waals surface area contributed by atoms with Crippen LogP contribution in [0.3, 0.4) is 0 Å². The quantitative estimate of drug-likeness (QED) is 0.0582. The molecule has 0 unspecified atom stereocenters. The van der Waals surface area contributed by atoms with Crippen molar-refractivity contribution in [2.24, 2.45) is 23.3 Å². The fourth-order valence-corrected chi connectivity index (χ4v) is 7.50. The normalized spacial score (nSPS) is 16.0. The third-order valence-electron chi connectivity index (χ3n) is 10.5. The molecule has 10 heteroatoms. The summed E-state index contributed by atoms with van der Waals surface area (Å²) in [5.74, 6) is 0.476. The summed E-state index contributed by atoms with van der Waals surface area (Å²) in [5.41, 5.74) is 16.5. The summed E-state index contributed by atoms with van der Waals surface area (Å²) >= 11 is 0. The number of hydrogen-bond acceptors (Lipinski definition) is 8. The van der Waals surface area contributed by atoms with E-state index in [1.807, 2.05) is 35.2 Å². The lowest BCUT2D eigenvalue weighted by Gasteiger charge is -2.35. The first-order valence-electron chi connectivity index (χ1n) is 20.1. The van der Waals surface area contributed by atoms with Crippen LogP contribution in [0.4, 0.5) is 5.69 Å². The van der Waals surface area contributed by atoms with Gasteiger partial charge < -0.3 is 42.1 Å². The van der Waals surface area contributed by atoms with E-state index in [9.17, 15) is 9.59 Å². The molecule has 54 heavy (non-hydrogen) atoms. The number of nitrogens with two attached hydrogens (primary N) is 2. The Labute approximate surface area is 322 Å². The third kappa shape index (κ3) is 13.4. The molecule has 0 bridgehead atoms. The van der Waals surface area contributed by atoms with Crippen molar-refractivity contribution in [3.05, 3.63) is 102 Å². The summed E-state index contributed by atoms with van der Waals surface area (Å²) < 4.78 is 5.43. The lowest BCUT2D eigenvalue weighted by atomic mass is 9.94. The minimum atomic E-state index is -0.297. The molecule has 1 aliphatic heterocycles. The standard InChI is InChI=1S/C44H63N7O3/c1-32(2)25-39(48-30-40(27-34-13-7-4-8-14-34)47-29-37(46)26-33-11-5-3-6-12-33)31-49-41(15-9-10-21-45)44(53)51-22-18-35(19-23-51)43(52)50-38-16-17-42-36(28-38)20-24-54-42/h3-8,11-14,16-17,20,24,28,32,35,37,39-41,47-49H,9-10,15,18-19,21-23,25-27,29-31,45-46H2,1-2H3,(H,50,52)/t37-,39-,40-,41-/m1/s1. The highest BCUT2D eigenvalue weighted by molar-refractivity contribution is 5.95. The highest BCUT2D eigenvalue weighted by atomic mass is 16.3. The summed E-state index contributed by atoms with van der Waals surface area (Å²) in [6.07, 6.45) is 8.13. The second-order valence-corrected chi connectivity index (χ2v) is 15.5. The number of unbranched alkanes of at least 4 members (excludes halogenated alkanes) is 1. The number of hydrogen-bond donors (Lipinski definition) is 6. The molecule has 2 amide bonds. The molecular formula is C44H63N7O3. The summed E-state index contributed by atoms with van der Waals surface area (Å²) in [6, 6.07) is 28.7. The monoisotopic (exact) mass is 737 g/mol. The fourth-order valence-electron chi connectivity index (χ4n) is 7.50. The highest BCUT2D eigenvalue weighted by Crippen LogP contribution is 2.24. The molecule has 0 radical (unpaired) electrons. The average Bonchev–Trinajstić information content (AvgIpc) is 3.65. The first-order valence-corrected chi connectivity index (χ1v) is 20.1. The molecule has 4 aromatic rings. The maximum Gasteiger partial charge on any atom is 0.239 e. The maximum absolute atomic E-state index is 14.0. The molecule has 5 rings (SSSR count). The van der Waals surface area contributed by atoms with Gasteiger partial charge in [-0.1, -0.05) is 80.9 Å². The lowest BCUT2D eigenvalue weighted by Crippen LogP contribution is -2.54. The van der Waals surface area contributed by atoms with Crippen LogP contribution in [0, 0.1) is 11.8 Å². The van der Waals surface area contributed by atoms with Gasteiger partial charge in [0.25, 0.3) is 0 Å². The van der Waals surface area contributed by atoms with Crippen LogP contribution >= 0.6 is 0 Å². The van der Waals surface area contributed by atoms with Gasteiger partial charge in [-0.2, -0.15) is 0 Å². The van der Waals surface area contributed by atoms with Gasteiger partial charge in [-0.3, -0.25) is 9.59 Å². The Morgan fingerprint density at radius 3 is 2.17 bits per heavy atom. The number of anilines is 1. The van der Waals surface area contributed by atoms with Crippen LogP contribution in [0.15, 0.2) is 95.6 Å². The van der Waals surface area contributed by atoms with Gasteiger partial charge in [-0.15, -0.1) is 0 Å². The Bertz CT molecular complexity index is 1670. The molecule has 10 nitrogen and oxygen atoms in total. The van der Waals surface area contributed by atoms with Gasteiger partial charge in [0, 0.05) is 67.8 Å². The van der Waals surface area contributed by atoms with Crippen LogP contribution in [0.1, 0.15) is 63.5 Å². The maximum atomic E-state index is 14.0. The van der Waals surface area contributed by atoms with E-state index in [0.717, 1.165) is 68.3 Å². The van der Waals surface area contributed by atoms with E-state index in [-0.39, 0.29) is 41.9 Å². The molecule has 2 heterocycles. The Morgan fingerprint density at radius 1 is 0.815 bits per heavy atom. The molecule has 1 aliphatic rings. The van der Waals surface area contributed by atoms with Gasteiger partial charge >= 0.3 is 0 Å². The van der Waals surface area contributed by atoms with Gasteiger partial charge in [-0.25, -0.2) is 0 Å². The number of nitrogens with zero attached hydrogens (tertiary/aromatic N) is 1. The first kappa shape index (κ1) is 41.1. The van der Waals surface area contributed by atoms with Crippen molar-refractivity contribution < 1.29 is 14.0 Å². The zero-order valence-electron chi connectivity index (χ0n) is 32.4. The minimum Gasteiger partial charge on any atom is -0.464 e. The zero-order valence-corrected chi connectivity index (χ0v) is 32.4. The van der Waals surface area contributed by atoms with Crippen molar-refractivity contribution in [1.82, 2.24) is 20.9 Å². The Morgan fingerprint density at radius 2 is 1.48 bits per heavy atom. The number of carbonyl (C=O) groups excluding carboxylic acids is 2. The summed E-state index contributed by atoms with van der Waals surface area (Å²) in [4.78, 5) is 29.1.